The van der Waals surface area contributed by atoms with Crippen LogP contribution in [-0.4, -0.2) is 54.0 Å². The van der Waals surface area contributed by atoms with E-state index in [1.165, 1.54) is 0 Å². The molecule has 9 heteroatoms. The van der Waals surface area contributed by atoms with Crippen LogP contribution in [0.25, 0.3) is 0 Å². The van der Waals surface area contributed by atoms with E-state index in [1.54, 1.807) is 26.4 Å². The Morgan fingerprint density at radius 2 is 2.19 bits per heavy atom. The standard InChI is InChI=1S/C17H25N5O3S/c1-3-26(23,24)20-10-7-16-13-21(12-15-6-9-19-22(15)16)11-14-5-4-8-18-17(14)25-2/h4-6,8-9,16,20H,3,7,10-13H2,1-2H3/t16-/m0/s1. The van der Waals surface area contributed by atoms with Crippen LogP contribution in [0.3, 0.4) is 0 Å². The molecule has 0 unspecified atom stereocenters. The number of sulfonamides is 1. The van der Waals surface area contributed by atoms with Crippen molar-refractivity contribution in [2.24, 2.45) is 0 Å². The third kappa shape index (κ3) is 4.40. The average molecular weight is 379 g/mol. The van der Waals surface area contributed by atoms with Crippen molar-refractivity contribution < 1.29 is 13.2 Å². The van der Waals surface area contributed by atoms with Crippen LogP contribution in [0.5, 0.6) is 5.88 Å². The van der Waals surface area contributed by atoms with Gasteiger partial charge in [-0.3, -0.25) is 9.58 Å². The van der Waals surface area contributed by atoms with Crippen molar-refractivity contribution in [1.29, 1.82) is 0 Å². The highest BCUT2D eigenvalue weighted by Gasteiger charge is 2.26. The maximum atomic E-state index is 11.6. The van der Waals surface area contributed by atoms with Gasteiger partial charge in [-0.25, -0.2) is 18.1 Å². The van der Waals surface area contributed by atoms with Crippen LogP contribution in [0.4, 0.5) is 0 Å². The summed E-state index contributed by atoms with van der Waals surface area (Å²) in [5.74, 6) is 0.733. The summed E-state index contributed by atoms with van der Waals surface area (Å²) in [7, 11) is -1.55. The molecular formula is C17H25N5O3S. The summed E-state index contributed by atoms with van der Waals surface area (Å²) in [5.41, 5.74) is 2.16. The summed E-state index contributed by atoms with van der Waals surface area (Å²) >= 11 is 0. The van der Waals surface area contributed by atoms with Crippen LogP contribution >= 0.6 is 0 Å². The van der Waals surface area contributed by atoms with E-state index >= 15 is 0 Å². The first-order valence-corrected chi connectivity index (χ1v) is 10.4. The summed E-state index contributed by atoms with van der Waals surface area (Å²) in [4.78, 5) is 6.57. The lowest BCUT2D eigenvalue weighted by Gasteiger charge is -2.34. The van der Waals surface area contributed by atoms with Crippen LogP contribution in [-0.2, 0) is 23.1 Å². The molecule has 2 aromatic heterocycles. The lowest BCUT2D eigenvalue weighted by Crippen LogP contribution is -2.39. The molecule has 2 aromatic rings. The van der Waals surface area contributed by atoms with Crippen molar-refractivity contribution in [1.82, 2.24) is 24.4 Å². The summed E-state index contributed by atoms with van der Waals surface area (Å²) in [5, 5.41) is 4.42. The molecule has 3 rings (SSSR count). The van der Waals surface area contributed by atoms with Crippen molar-refractivity contribution >= 4 is 10.0 Å². The minimum Gasteiger partial charge on any atom is -0.481 e. The van der Waals surface area contributed by atoms with E-state index in [1.807, 2.05) is 22.9 Å². The van der Waals surface area contributed by atoms with E-state index < -0.39 is 10.0 Å². The largest absolute Gasteiger partial charge is 0.481 e. The number of nitrogens with zero attached hydrogens (tertiary/aromatic N) is 4. The molecule has 3 heterocycles. The molecule has 0 bridgehead atoms. The zero-order valence-electron chi connectivity index (χ0n) is 15.1. The Hall–Kier alpha value is -1.97. The lowest BCUT2D eigenvalue weighted by atomic mass is 10.1. The van der Waals surface area contributed by atoms with Crippen molar-refractivity contribution in [3.63, 3.8) is 0 Å². The molecule has 0 saturated carbocycles. The molecule has 0 fully saturated rings. The van der Waals surface area contributed by atoms with Gasteiger partial charge in [0.25, 0.3) is 0 Å². The molecular weight excluding hydrogens is 354 g/mol. The topological polar surface area (TPSA) is 89.3 Å². The first kappa shape index (κ1) is 18.8. The fourth-order valence-electron chi connectivity index (χ4n) is 3.25. The molecule has 8 nitrogen and oxygen atoms in total. The summed E-state index contributed by atoms with van der Waals surface area (Å²) < 4.78 is 33.3. The number of hydrogen-bond donors (Lipinski definition) is 1. The predicted octanol–water partition coefficient (Wildman–Crippen LogP) is 1.17. The fourth-order valence-corrected chi connectivity index (χ4v) is 3.88. The Bertz CT molecular complexity index is 836. The Kier molecular flexibility index (Phi) is 5.90. The van der Waals surface area contributed by atoms with Crippen LogP contribution in [0.1, 0.15) is 30.6 Å². The smallest absolute Gasteiger partial charge is 0.217 e. The number of aromatic nitrogens is 3. The molecule has 26 heavy (non-hydrogen) atoms. The van der Waals surface area contributed by atoms with E-state index in [9.17, 15) is 8.42 Å². The summed E-state index contributed by atoms with van der Waals surface area (Å²) in [6.45, 7) is 4.34. The molecule has 0 radical (unpaired) electrons. The van der Waals surface area contributed by atoms with Gasteiger partial charge in [-0.1, -0.05) is 6.07 Å². The fraction of sp³-hybridized carbons (Fsp3) is 0.529. The van der Waals surface area contributed by atoms with Gasteiger partial charge in [0.05, 0.1) is 24.6 Å². The second-order valence-corrected chi connectivity index (χ2v) is 8.44. The van der Waals surface area contributed by atoms with Gasteiger partial charge in [-0.15, -0.1) is 0 Å². The Morgan fingerprint density at radius 3 is 2.96 bits per heavy atom. The van der Waals surface area contributed by atoms with Crippen molar-refractivity contribution in [3.8, 4) is 5.88 Å². The number of methoxy groups -OCH3 is 1. The van der Waals surface area contributed by atoms with E-state index in [0.717, 1.165) is 30.9 Å². The maximum absolute atomic E-state index is 11.6. The van der Waals surface area contributed by atoms with Gasteiger partial charge in [0.15, 0.2) is 0 Å². The highest BCUT2D eigenvalue weighted by atomic mass is 32.2. The van der Waals surface area contributed by atoms with Crippen molar-refractivity contribution in [2.45, 2.75) is 32.5 Å². The number of pyridine rings is 1. The molecule has 0 amide bonds. The lowest BCUT2D eigenvalue weighted by molar-refractivity contribution is 0.160. The van der Waals surface area contributed by atoms with Crippen LogP contribution in [0.2, 0.25) is 0 Å². The number of fused-ring (bicyclic) bond motifs is 1. The maximum Gasteiger partial charge on any atom is 0.217 e. The monoisotopic (exact) mass is 379 g/mol. The Balaban J connectivity index is 1.69. The molecule has 1 atom stereocenters. The molecule has 0 aliphatic carbocycles. The molecule has 142 valence electrons. The Morgan fingerprint density at radius 1 is 1.35 bits per heavy atom. The van der Waals surface area contributed by atoms with E-state index in [-0.39, 0.29) is 11.8 Å². The minimum absolute atomic E-state index is 0.0949. The highest BCUT2D eigenvalue weighted by Crippen LogP contribution is 2.25. The number of nitrogens with one attached hydrogen (secondary N) is 1. The molecule has 1 N–H and O–H groups in total. The van der Waals surface area contributed by atoms with Gasteiger partial charge < -0.3 is 4.74 Å². The van der Waals surface area contributed by atoms with Gasteiger partial charge in [0.1, 0.15) is 0 Å². The number of ether oxygens (including phenoxy) is 1. The van der Waals surface area contributed by atoms with E-state index in [4.69, 9.17) is 4.74 Å². The third-order valence-corrected chi connectivity index (χ3v) is 5.97. The molecule has 1 aliphatic heterocycles. The molecule has 0 spiro atoms. The highest BCUT2D eigenvalue weighted by molar-refractivity contribution is 7.89. The van der Waals surface area contributed by atoms with Crippen molar-refractivity contribution in [3.05, 3.63) is 41.9 Å². The van der Waals surface area contributed by atoms with E-state index in [2.05, 4.69) is 19.7 Å². The first-order chi connectivity index (χ1) is 12.5. The van der Waals surface area contributed by atoms with Gasteiger partial charge in [0, 0.05) is 44.1 Å². The summed E-state index contributed by atoms with van der Waals surface area (Å²) in [6, 6.07) is 6.05. The van der Waals surface area contributed by atoms with Crippen LogP contribution < -0.4 is 9.46 Å². The normalized spacial score (nSPS) is 17.8. The van der Waals surface area contributed by atoms with Crippen molar-refractivity contribution in [2.75, 3.05) is 26.0 Å². The first-order valence-electron chi connectivity index (χ1n) is 8.72. The number of hydrogen-bond acceptors (Lipinski definition) is 6. The van der Waals surface area contributed by atoms with Gasteiger partial charge in [-0.2, -0.15) is 5.10 Å². The van der Waals surface area contributed by atoms with E-state index in [0.29, 0.717) is 18.8 Å². The van der Waals surface area contributed by atoms with Gasteiger partial charge in [-0.05, 0) is 25.5 Å². The SMILES string of the molecule is CCS(=O)(=O)NCC[C@H]1CN(Cc2cccnc2OC)Cc2ccnn21. The Labute approximate surface area is 154 Å². The molecule has 1 aliphatic rings. The second-order valence-electron chi connectivity index (χ2n) is 6.35. The molecule has 0 saturated heterocycles. The third-order valence-electron chi connectivity index (χ3n) is 4.57. The summed E-state index contributed by atoms with van der Waals surface area (Å²) in [6.07, 6.45) is 4.21. The van der Waals surface area contributed by atoms with Gasteiger partial charge >= 0.3 is 0 Å². The minimum atomic E-state index is -3.17. The van der Waals surface area contributed by atoms with Gasteiger partial charge in [0.2, 0.25) is 15.9 Å². The number of rotatable bonds is 8. The van der Waals surface area contributed by atoms with Crippen LogP contribution in [0, 0.1) is 0 Å². The molecule has 0 aromatic carbocycles. The second kappa shape index (κ2) is 8.15. The zero-order valence-corrected chi connectivity index (χ0v) is 15.9. The predicted molar refractivity (Wildman–Crippen MR) is 98.2 cm³/mol. The quantitative estimate of drug-likeness (QED) is 0.741. The average Bonchev–Trinajstić information content (AvgIpc) is 3.11. The van der Waals surface area contributed by atoms with Crippen LogP contribution in [0.15, 0.2) is 30.6 Å². The zero-order chi connectivity index (χ0) is 18.6.